The summed E-state index contributed by atoms with van der Waals surface area (Å²) in [6, 6.07) is 3.94. The molecule has 0 unspecified atom stereocenters. The molecule has 3 heterocycles. The van der Waals surface area contributed by atoms with Crippen LogP contribution in [0.2, 0.25) is 0 Å². The number of morpholine rings is 1. The Bertz CT molecular complexity index is 703. The maximum absolute atomic E-state index is 5.44. The molecule has 134 valence electrons. The van der Waals surface area contributed by atoms with Gasteiger partial charge in [0.1, 0.15) is 5.82 Å². The maximum Gasteiger partial charge on any atom is 0.259 e. The summed E-state index contributed by atoms with van der Waals surface area (Å²) in [7, 11) is 0. The first-order valence-corrected chi connectivity index (χ1v) is 8.98. The van der Waals surface area contributed by atoms with Crippen molar-refractivity contribution in [3.05, 3.63) is 24.2 Å². The lowest BCUT2D eigenvalue weighted by atomic mass is 10.0. The van der Waals surface area contributed by atoms with Crippen LogP contribution >= 0.6 is 0 Å². The second kappa shape index (κ2) is 6.72. The summed E-state index contributed by atoms with van der Waals surface area (Å²) in [5.41, 5.74) is 0.910. The van der Waals surface area contributed by atoms with Crippen LogP contribution in [-0.4, -0.2) is 58.4 Å². The second-order valence-corrected chi connectivity index (χ2v) is 7.43. The Kier molecular flexibility index (Phi) is 4.43. The first kappa shape index (κ1) is 16.5. The normalized spacial score (nSPS) is 19.1. The molecule has 2 aromatic heterocycles. The molecule has 1 saturated carbocycles. The zero-order valence-corrected chi connectivity index (χ0v) is 14.9. The van der Waals surface area contributed by atoms with Crippen LogP contribution < -0.4 is 5.32 Å². The molecular weight excluding hydrogens is 318 g/mol. The number of anilines is 1. The zero-order chi connectivity index (χ0) is 17.3. The van der Waals surface area contributed by atoms with Gasteiger partial charge in [-0.1, -0.05) is 5.16 Å². The Balaban J connectivity index is 1.36. The number of ether oxygens (including phenoxy) is 1. The van der Waals surface area contributed by atoms with Crippen molar-refractivity contribution in [2.75, 3.05) is 38.2 Å². The molecule has 0 atom stereocenters. The van der Waals surface area contributed by atoms with Crippen molar-refractivity contribution >= 4 is 5.82 Å². The molecule has 4 rings (SSSR count). The third kappa shape index (κ3) is 3.82. The molecule has 0 amide bonds. The van der Waals surface area contributed by atoms with E-state index in [2.05, 4.69) is 39.2 Å². The summed E-state index contributed by atoms with van der Waals surface area (Å²) in [5, 5.41) is 7.49. The van der Waals surface area contributed by atoms with E-state index in [9.17, 15) is 0 Å². The van der Waals surface area contributed by atoms with Crippen molar-refractivity contribution in [2.24, 2.45) is 0 Å². The fourth-order valence-corrected chi connectivity index (χ4v) is 3.07. The van der Waals surface area contributed by atoms with Gasteiger partial charge in [0.05, 0.1) is 18.8 Å². The Morgan fingerprint density at radius 1 is 1.24 bits per heavy atom. The van der Waals surface area contributed by atoms with Crippen molar-refractivity contribution in [3.63, 3.8) is 0 Å². The number of nitrogens with zero attached hydrogens (tertiary/aromatic N) is 4. The van der Waals surface area contributed by atoms with Gasteiger partial charge in [-0.3, -0.25) is 4.90 Å². The summed E-state index contributed by atoms with van der Waals surface area (Å²) in [4.78, 5) is 11.4. The lowest BCUT2D eigenvalue weighted by Crippen LogP contribution is -2.53. The van der Waals surface area contributed by atoms with Gasteiger partial charge in [0.15, 0.2) is 5.82 Å². The van der Waals surface area contributed by atoms with Gasteiger partial charge in [-0.25, -0.2) is 4.98 Å². The van der Waals surface area contributed by atoms with E-state index in [1.165, 1.54) is 12.8 Å². The Morgan fingerprint density at radius 3 is 2.72 bits per heavy atom. The molecular formula is C18H25N5O2. The third-order valence-electron chi connectivity index (χ3n) is 4.96. The Labute approximate surface area is 147 Å². The predicted molar refractivity (Wildman–Crippen MR) is 94.5 cm³/mol. The van der Waals surface area contributed by atoms with Crippen LogP contribution in [0.1, 0.15) is 38.4 Å². The summed E-state index contributed by atoms with van der Waals surface area (Å²) in [6.07, 6.45) is 4.12. The highest BCUT2D eigenvalue weighted by atomic mass is 16.5. The van der Waals surface area contributed by atoms with Crippen LogP contribution in [-0.2, 0) is 4.74 Å². The van der Waals surface area contributed by atoms with Gasteiger partial charge in [0.25, 0.3) is 5.89 Å². The van der Waals surface area contributed by atoms with Crippen LogP contribution in [0, 0.1) is 0 Å². The van der Waals surface area contributed by atoms with E-state index in [1.54, 1.807) is 6.20 Å². The first-order valence-electron chi connectivity index (χ1n) is 8.98. The van der Waals surface area contributed by atoms with Crippen LogP contribution in [0.15, 0.2) is 22.9 Å². The topological polar surface area (TPSA) is 76.3 Å². The smallest absolute Gasteiger partial charge is 0.259 e. The van der Waals surface area contributed by atoms with Crippen molar-refractivity contribution in [1.82, 2.24) is 20.0 Å². The Hall–Kier alpha value is -1.99. The van der Waals surface area contributed by atoms with E-state index in [-0.39, 0.29) is 5.54 Å². The highest BCUT2D eigenvalue weighted by Gasteiger charge is 2.29. The SMILES string of the molecule is CC(C)(CNc1ccc(-c2nc(C3CC3)no2)cn1)N1CCOCC1. The molecule has 25 heavy (non-hydrogen) atoms. The average Bonchev–Trinajstić information content (AvgIpc) is 3.38. The van der Waals surface area contributed by atoms with Gasteiger partial charge in [-0.05, 0) is 38.8 Å². The van der Waals surface area contributed by atoms with Gasteiger partial charge in [-0.15, -0.1) is 0 Å². The molecule has 1 N–H and O–H groups in total. The number of aromatic nitrogens is 3. The minimum absolute atomic E-state index is 0.0514. The molecule has 0 bridgehead atoms. The van der Waals surface area contributed by atoms with E-state index in [0.29, 0.717) is 11.8 Å². The summed E-state index contributed by atoms with van der Waals surface area (Å²) in [6.45, 7) is 8.89. The zero-order valence-electron chi connectivity index (χ0n) is 14.9. The monoisotopic (exact) mass is 343 g/mol. The molecule has 0 radical (unpaired) electrons. The van der Waals surface area contributed by atoms with Crippen molar-refractivity contribution in [1.29, 1.82) is 0 Å². The Morgan fingerprint density at radius 2 is 2.04 bits per heavy atom. The lowest BCUT2D eigenvalue weighted by Gasteiger charge is -2.41. The fraction of sp³-hybridized carbons (Fsp3) is 0.611. The largest absolute Gasteiger partial charge is 0.379 e. The first-order chi connectivity index (χ1) is 12.1. The van der Waals surface area contributed by atoms with Crippen LogP contribution in [0.4, 0.5) is 5.82 Å². The number of nitrogens with one attached hydrogen (secondary N) is 1. The van der Waals surface area contributed by atoms with Gasteiger partial charge in [0.2, 0.25) is 0 Å². The minimum Gasteiger partial charge on any atom is -0.379 e. The third-order valence-corrected chi connectivity index (χ3v) is 4.96. The fourth-order valence-electron chi connectivity index (χ4n) is 3.07. The van der Waals surface area contributed by atoms with E-state index in [1.807, 2.05) is 12.1 Å². The molecule has 2 aromatic rings. The lowest BCUT2D eigenvalue weighted by molar-refractivity contribution is -0.00570. The van der Waals surface area contributed by atoms with Gasteiger partial charge in [-0.2, -0.15) is 4.98 Å². The highest BCUT2D eigenvalue weighted by Crippen LogP contribution is 2.38. The van der Waals surface area contributed by atoms with Crippen molar-refractivity contribution < 1.29 is 9.26 Å². The number of rotatable bonds is 6. The van der Waals surface area contributed by atoms with E-state index in [4.69, 9.17) is 9.26 Å². The quantitative estimate of drug-likeness (QED) is 0.863. The van der Waals surface area contributed by atoms with E-state index in [0.717, 1.165) is 50.1 Å². The highest BCUT2D eigenvalue weighted by molar-refractivity contribution is 5.54. The average molecular weight is 343 g/mol. The minimum atomic E-state index is 0.0514. The molecule has 2 aliphatic rings. The molecule has 7 nitrogen and oxygen atoms in total. The molecule has 2 fully saturated rings. The van der Waals surface area contributed by atoms with Crippen molar-refractivity contribution in [3.8, 4) is 11.5 Å². The maximum atomic E-state index is 5.44. The van der Waals surface area contributed by atoms with Gasteiger partial charge in [0, 0.05) is 37.3 Å². The van der Waals surface area contributed by atoms with Gasteiger partial charge < -0.3 is 14.6 Å². The molecule has 0 aromatic carbocycles. The van der Waals surface area contributed by atoms with E-state index >= 15 is 0 Å². The number of hydrogen-bond acceptors (Lipinski definition) is 7. The van der Waals surface area contributed by atoms with Crippen molar-refractivity contribution in [2.45, 2.75) is 38.1 Å². The number of pyridine rings is 1. The van der Waals surface area contributed by atoms with Gasteiger partial charge >= 0.3 is 0 Å². The summed E-state index contributed by atoms with van der Waals surface area (Å²) in [5.74, 6) is 2.72. The molecule has 7 heteroatoms. The molecule has 1 saturated heterocycles. The summed E-state index contributed by atoms with van der Waals surface area (Å²) < 4.78 is 10.8. The molecule has 0 spiro atoms. The van der Waals surface area contributed by atoms with Crippen LogP contribution in [0.25, 0.3) is 11.5 Å². The van der Waals surface area contributed by atoms with Crippen LogP contribution in [0.3, 0.4) is 0 Å². The van der Waals surface area contributed by atoms with E-state index < -0.39 is 0 Å². The standard InChI is InChI=1S/C18H25N5O2/c1-18(2,23-7-9-24-10-8-23)12-20-15-6-5-14(11-19-15)17-21-16(22-25-17)13-3-4-13/h5-6,11,13H,3-4,7-10,12H2,1-2H3,(H,19,20). The molecule has 1 aliphatic carbocycles. The predicted octanol–water partition coefficient (Wildman–Crippen LogP) is 2.53. The number of hydrogen-bond donors (Lipinski definition) is 1. The van der Waals surface area contributed by atoms with Crippen LogP contribution in [0.5, 0.6) is 0 Å². The second-order valence-electron chi connectivity index (χ2n) is 7.43. The summed E-state index contributed by atoms with van der Waals surface area (Å²) >= 11 is 0. The molecule has 1 aliphatic heterocycles.